The predicted octanol–water partition coefficient (Wildman–Crippen LogP) is 6.41. The Morgan fingerprint density at radius 1 is 0.700 bits per heavy atom. The van der Waals surface area contributed by atoms with Crippen LogP contribution in [0.5, 0.6) is 0 Å². The number of thiophene rings is 2. The van der Waals surface area contributed by atoms with E-state index in [2.05, 4.69) is 62.7 Å². The molecule has 0 amide bonds. The minimum absolute atomic E-state index is 1.38. The van der Waals surface area contributed by atoms with Gasteiger partial charge in [0.15, 0.2) is 0 Å². The lowest BCUT2D eigenvalue weighted by molar-refractivity contribution is 1.24. The molecule has 0 fully saturated rings. The van der Waals surface area contributed by atoms with Gasteiger partial charge in [0.2, 0.25) is 0 Å². The smallest absolute Gasteiger partial charge is 0.0355 e. The maximum Gasteiger partial charge on any atom is 0.0355 e. The summed E-state index contributed by atoms with van der Waals surface area (Å²) >= 11 is 3.67. The van der Waals surface area contributed by atoms with Gasteiger partial charge in [-0.2, -0.15) is 0 Å². The van der Waals surface area contributed by atoms with E-state index in [4.69, 9.17) is 0 Å². The fourth-order valence-corrected chi connectivity index (χ4v) is 4.34. The number of allylic oxidation sites excluding steroid dienone is 6. The van der Waals surface area contributed by atoms with Gasteiger partial charge in [-0.1, -0.05) is 23.3 Å². The predicted molar refractivity (Wildman–Crippen MR) is 92.2 cm³/mol. The van der Waals surface area contributed by atoms with Gasteiger partial charge < -0.3 is 0 Å². The molecule has 0 aliphatic heterocycles. The molecule has 2 heterocycles. The Hall–Kier alpha value is -1.38. The number of rotatable bonds is 2. The molecule has 0 saturated heterocycles. The van der Waals surface area contributed by atoms with Crippen LogP contribution < -0.4 is 0 Å². The summed E-state index contributed by atoms with van der Waals surface area (Å²) in [6.45, 7) is 8.88. The minimum Gasteiger partial charge on any atom is -0.144 e. The SMILES string of the molecule is CC(C)=C1C(=C(C)C)C(c2cccs2)=C1c1cccs1. The van der Waals surface area contributed by atoms with Crippen molar-refractivity contribution < 1.29 is 0 Å². The van der Waals surface area contributed by atoms with Crippen molar-refractivity contribution in [2.24, 2.45) is 0 Å². The first-order chi connectivity index (χ1) is 9.61. The molecule has 2 heteroatoms. The van der Waals surface area contributed by atoms with Gasteiger partial charge in [-0.25, -0.2) is 0 Å². The molecule has 0 spiro atoms. The first-order valence-corrected chi connectivity index (χ1v) is 8.55. The Balaban J connectivity index is 2.33. The molecular weight excluding hydrogens is 280 g/mol. The van der Waals surface area contributed by atoms with Crippen LogP contribution in [-0.4, -0.2) is 0 Å². The quantitative estimate of drug-likeness (QED) is 0.601. The van der Waals surface area contributed by atoms with Gasteiger partial charge in [0, 0.05) is 20.9 Å². The summed E-state index contributed by atoms with van der Waals surface area (Å²) in [5.41, 5.74) is 8.61. The minimum atomic E-state index is 1.38. The molecular formula is C18H18S2. The van der Waals surface area contributed by atoms with Crippen LogP contribution >= 0.6 is 22.7 Å². The van der Waals surface area contributed by atoms with E-state index in [1.165, 1.54) is 43.2 Å². The molecule has 3 rings (SSSR count). The summed E-state index contributed by atoms with van der Waals surface area (Å²) in [5.74, 6) is 0. The fourth-order valence-electron chi connectivity index (χ4n) is 2.77. The second-order valence-corrected chi connectivity index (χ2v) is 7.35. The zero-order chi connectivity index (χ0) is 14.3. The molecule has 20 heavy (non-hydrogen) atoms. The first kappa shape index (κ1) is 13.6. The van der Waals surface area contributed by atoms with Crippen molar-refractivity contribution in [2.75, 3.05) is 0 Å². The molecule has 2 aromatic rings. The second kappa shape index (κ2) is 5.19. The molecule has 0 bridgehead atoms. The second-order valence-electron chi connectivity index (χ2n) is 5.45. The van der Waals surface area contributed by atoms with Crippen LogP contribution in [0.15, 0.2) is 57.3 Å². The van der Waals surface area contributed by atoms with Gasteiger partial charge in [-0.15, -0.1) is 22.7 Å². The summed E-state index contributed by atoms with van der Waals surface area (Å²) in [7, 11) is 0. The lowest BCUT2D eigenvalue weighted by Crippen LogP contribution is -2.12. The maximum absolute atomic E-state index is 2.23. The van der Waals surface area contributed by atoms with Crippen LogP contribution in [0, 0.1) is 0 Å². The van der Waals surface area contributed by atoms with Crippen LogP contribution in [-0.2, 0) is 0 Å². The molecule has 0 N–H and O–H groups in total. The van der Waals surface area contributed by atoms with Crippen LogP contribution in [0.25, 0.3) is 11.1 Å². The highest BCUT2D eigenvalue weighted by Crippen LogP contribution is 2.55. The standard InChI is InChI=1S/C18H18S2/c1-11(2)15-16(12(3)4)18(14-8-6-10-20-14)17(15)13-7-5-9-19-13/h5-10H,1-4H3. The topological polar surface area (TPSA) is 0 Å². The third-order valence-corrected chi connectivity index (χ3v) is 5.31. The van der Waals surface area contributed by atoms with E-state index in [0.29, 0.717) is 0 Å². The van der Waals surface area contributed by atoms with Crippen molar-refractivity contribution in [3.8, 4) is 0 Å². The Bertz CT molecular complexity index is 648. The van der Waals surface area contributed by atoms with Gasteiger partial charge in [-0.05, 0) is 61.7 Å². The molecule has 0 saturated carbocycles. The summed E-state index contributed by atoms with van der Waals surface area (Å²) in [4.78, 5) is 2.77. The molecule has 2 aromatic heterocycles. The van der Waals surface area contributed by atoms with E-state index in [1.807, 2.05) is 22.7 Å². The molecule has 0 aromatic carbocycles. The number of hydrogen-bond donors (Lipinski definition) is 0. The van der Waals surface area contributed by atoms with E-state index in [-0.39, 0.29) is 0 Å². The highest BCUT2D eigenvalue weighted by atomic mass is 32.1. The van der Waals surface area contributed by atoms with Crippen molar-refractivity contribution in [1.82, 2.24) is 0 Å². The van der Waals surface area contributed by atoms with Crippen molar-refractivity contribution in [2.45, 2.75) is 27.7 Å². The van der Waals surface area contributed by atoms with Crippen LogP contribution in [0.3, 0.4) is 0 Å². The van der Waals surface area contributed by atoms with Gasteiger partial charge in [-0.3, -0.25) is 0 Å². The zero-order valence-electron chi connectivity index (χ0n) is 12.3. The Morgan fingerprint density at radius 3 is 1.35 bits per heavy atom. The van der Waals surface area contributed by atoms with Crippen molar-refractivity contribution >= 4 is 33.8 Å². The first-order valence-electron chi connectivity index (χ1n) is 6.79. The van der Waals surface area contributed by atoms with Crippen molar-refractivity contribution in [3.05, 3.63) is 67.1 Å². The molecule has 0 unspecified atom stereocenters. The van der Waals surface area contributed by atoms with Crippen LogP contribution in [0.4, 0.5) is 0 Å². The molecule has 1 aliphatic rings. The summed E-state index contributed by atoms with van der Waals surface area (Å²) in [5, 5.41) is 4.33. The monoisotopic (exact) mass is 298 g/mol. The Kier molecular flexibility index (Phi) is 3.53. The molecule has 0 atom stereocenters. The van der Waals surface area contributed by atoms with Gasteiger partial charge >= 0.3 is 0 Å². The highest BCUT2D eigenvalue weighted by Gasteiger charge is 2.33. The average molecular weight is 298 g/mol. The average Bonchev–Trinajstić information content (AvgIpc) is 2.98. The molecule has 102 valence electrons. The third kappa shape index (κ3) is 2.04. The molecule has 0 nitrogen and oxygen atoms in total. The normalized spacial score (nSPS) is 14.6. The van der Waals surface area contributed by atoms with Gasteiger partial charge in [0.25, 0.3) is 0 Å². The van der Waals surface area contributed by atoms with E-state index < -0.39 is 0 Å². The van der Waals surface area contributed by atoms with Crippen LogP contribution in [0.1, 0.15) is 37.4 Å². The lowest BCUT2D eigenvalue weighted by atomic mass is 9.72. The van der Waals surface area contributed by atoms with Gasteiger partial charge in [0.1, 0.15) is 0 Å². The summed E-state index contributed by atoms with van der Waals surface area (Å²) < 4.78 is 0. The maximum atomic E-state index is 2.23. The number of hydrogen-bond acceptors (Lipinski definition) is 2. The van der Waals surface area contributed by atoms with E-state index in [9.17, 15) is 0 Å². The van der Waals surface area contributed by atoms with E-state index in [0.717, 1.165) is 0 Å². The molecule has 1 aliphatic carbocycles. The zero-order valence-corrected chi connectivity index (χ0v) is 13.9. The Morgan fingerprint density at radius 2 is 1.10 bits per heavy atom. The lowest BCUT2D eigenvalue weighted by Gasteiger charge is -2.33. The third-order valence-electron chi connectivity index (χ3n) is 3.54. The fraction of sp³-hybridized carbons (Fsp3) is 0.222. The summed E-state index contributed by atoms with van der Waals surface area (Å²) in [6.07, 6.45) is 0. The van der Waals surface area contributed by atoms with E-state index >= 15 is 0 Å². The van der Waals surface area contributed by atoms with E-state index in [1.54, 1.807) is 0 Å². The molecule has 0 radical (unpaired) electrons. The largest absolute Gasteiger partial charge is 0.144 e. The van der Waals surface area contributed by atoms with Gasteiger partial charge in [0.05, 0.1) is 0 Å². The van der Waals surface area contributed by atoms with Crippen LogP contribution in [0.2, 0.25) is 0 Å². The van der Waals surface area contributed by atoms with Crippen molar-refractivity contribution in [1.29, 1.82) is 0 Å². The van der Waals surface area contributed by atoms with Crippen molar-refractivity contribution in [3.63, 3.8) is 0 Å². The summed E-state index contributed by atoms with van der Waals surface area (Å²) in [6, 6.07) is 8.75. The highest BCUT2D eigenvalue weighted by molar-refractivity contribution is 7.12. The Labute approximate surface area is 128 Å².